The maximum absolute atomic E-state index is 12.2. The van der Waals surface area contributed by atoms with Crippen LogP contribution in [0, 0.1) is 0 Å². The first-order valence-electron chi connectivity index (χ1n) is 5.59. The van der Waals surface area contributed by atoms with Crippen molar-refractivity contribution in [2.75, 3.05) is 0 Å². The molecule has 3 heterocycles. The smallest absolute Gasteiger partial charge is 0.273 e. The van der Waals surface area contributed by atoms with Crippen LogP contribution in [0.3, 0.4) is 0 Å². The van der Waals surface area contributed by atoms with Crippen LogP contribution in [0.5, 0.6) is 5.75 Å². The number of fused-ring (bicyclic) bond motifs is 1. The van der Waals surface area contributed by atoms with E-state index >= 15 is 0 Å². The summed E-state index contributed by atoms with van der Waals surface area (Å²) in [5, 5.41) is 13.3. The summed E-state index contributed by atoms with van der Waals surface area (Å²) in [6, 6.07) is 2.99. The lowest BCUT2D eigenvalue weighted by atomic mass is 10.3. The standard InChI is InChI=1S/C12H12N4O2/c1-15-11-7-16(6-8(11)4-14-15)12(18)10-3-2-9(17)5-13-10/h2-5,17H,6-7H2,1H3. The summed E-state index contributed by atoms with van der Waals surface area (Å²) in [5.41, 5.74) is 2.47. The summed E-state index contributed by atoms with van der Waals surface area (Å²) < 4.78 is 1.78. The number of rotatable bonds is 1. The third kappa shape index (κ3) is 1.62. The van der Waals surface area contributed by atoms with Crippen molar-refractivity contribution in [2.45, 2.75) is 13.1 Å². The molecule has 0 fully saturated rings. The van der Waals surface area contributed by atoms with E-state index in [4.69, 9.17) is 5.11 Å². The average Bonchev–Trinajstić information content (AvgIpc) is 2.92. The number of carbonyl (C=O) groups excluding carboxylic acids is 1. The first-order chi connectivity index (χ1) is 8.65. The van der Waals surface area contributed by atoms with Gasteiger partial charge in [0.1, 0.15) is 11.4 Å². The Morgan fingerprint density at radius 3 is 2.83 bits per heavy atom. The number of nitrogens with zero attached hydrogens (tertiary/aromatic N) is 4. The second-order valence-electron chi connectivity index (χ2n) is 4.30. The van der Waals surface area contributed by atoms with Crippen molar-refractivity contribution >= 4 is 5.91 Å². The molecule has 6 heteroatoms. The normalized spacial score (nSPS) is 13.7. The van der Waals surface area contributed by atoms with Gasteiger partial charge in [-0.05, 0) is 12.1 Å². The van der Waals surface area contributed by atoms with Crippen molar-refractivity contribution in [1.29, 1.82) is 0 Å². The molecule has 0 atom stereocenters. The number of amides is 1. The summed E-state index contributed by atoms with van der Waals surface area (Å²) in [7, 11) is 1.87. The summed E-state index contributed by atoms with van der Waals surface area (Å²) >= 11 is 0. The zero-order chi connectivity index (χ0) is 12.7. The molecule has 1 aliphatic heterocycles. The van der Waals surface area contributed by atoms with Crippen molar-refractivity contribution in [3.8, 4) is 5.75 Å². The summed E-state index contributed by atoms with van der Waals surface area (Å²) in [6.07, 6.45) is 3.06. The highest BCUT2D eigenvalue weighted by Crippen LogP contribution is 2.23. The van der Waals surface area contributed by atoms with Gasteiger partial charge in [0.2, 0.25) is 0 Å². The number of hydrogen-bond donors (Lipinski definition) is 1. The van der Waals surface area contributed by atoms with Crippen molar-refractivity contribution < 1.29 is 9.90 Å². The van der Waals surface area contributed by atoms with Gasteiger partial charge in [0, 0.05) is 19.2 Å². The molecule has 2 aromatic heterocycles. The average molecular weight is 244 g/mol. The fourth-order valence-corrected chi connectivity index (χ4v) is 2.10. The van der Waals surface area contributed by atoms with E-state index in [2.05, 4.69) is 10.1 Å². The largest absolute Gasteiger partial charge is 0.506 e. The molecule has 0 bridgehead atoms. The lowest BCUT2D eigenvalue weighted by molar-refractivity contribution is 0.0742. The van der Waals surface area contributed by atoms with Crippen LogP contribution in [-0.2, 0) is 20.1 Å². The Balaban J connectivity index is 1.82. The lowest BCUT2D eigenvalue weighted by Crippen LogP contribution is -2.26. The van der Waals surface area contributed by atoms with Crippen LogP contribution in [-0.4, -0.2) is 30.7 Å². The van der Waals surface area contributed by atoms with E-state index in [9.17, 15) is 4.79 Å². The van der Waals surface area contributed by atoms with Crippen molar-refractivity contribution in [2.24, 2.45) is 7.05 Å². The molecule has 6 nitrogen and oxygen atoms in total. The highest BCUT2D eigenvalue weighted by atomic mass is 16.3. The Labute approximate surface area is 103 Å². The quantitative estimate of drug-likeness (QED) is 0.800. The van der Waals surface area contributed by atoms with E-state index in [0.29, 0.717) is 18.8 Å². The van der Waals surface area contributed by atoms with Gasteiger partial charge in [-0.3, -0.25) is 9.48 Å². The topological polar surface area (TPSA) is 71.2 Å². The number of aromatic hydroxyl groups is 1. The maximum atomic E-state index is 12.2. The van der Waals surface area contributed by atoms with Crippen LogP contribution in [0.4, 0.5) is 0 Å². The Hall–Kier alpha value is -2.37. The van der Waals surface area contributed by atoms with E-state index in [-0.39, 0.29) is 11.7 Å². The monoisotopic (exact) mass is 244 g/mol. The Kier molecular flexibility index (Phi) is 2.29. The summed E-state index contributed by atoms with van der Waals surface area (Å²) in [4.78, 5) is 17.8. The van der Waals surface area contributed by atoms with Gasteiger partial charge in [-0.15, -0.1) is 0 Å². The van der Waals surface area contributed by atoms with E-state index in [1.807, 2.05) is 7.05 Å². The van der Waals surface area contributed by atoms with Gasteiger partial charge in [-0.25, -0.2) is 4.98 Å². The molecule has 0 unspecified atom stereocenters. The molecule has 0 aliphatic carbocycles. The second kappa shape index (κ2) is 3.83. The van der Waals surface area contributed by atoms with E-state index in [1.165, 1.54) is 18.3 Å². The fourth-order valence-electron chi connectivity index (χ4n) is 2.10. The van der Waals surface area contributed by atoms with Crippen LogP contribution in [0.15, 0.2) is 24.5 Å². The summed E-state index contributed by atoms with van der Waals surface area (Å²) in [5.74, 6) is -0.0772. The fraction of sp³-hybridized carbons (Fsp3) is 0.250. The zero-order valence-corrected chi connectivity index (χ0v) is 9.87. The third-order valence-electron chi connectivity index (χ3n) is 3.10. The van der Waals surface area contributed by atoms with E-state index in [0.717, 1.165) is 11.3 Å². The van der Waals surface area contributed by atoms with Gasteiger partial charge in [0.05, 0.1) is 24.6 Å². The first-order valence-corrected chi connectivity index (χ1v) is 5.59. The third-order valence-corrected chi connectivity index (χ3v) is 3.10. The van der Waals surface area contributed by atoms with Crippen molar-refractivity contribution in [1.82, 2.24) is 19.7 Å². The molecule has 92 valence electrons. The molecule has 1 amide bonds. The van der Waals surface area contributed by atoms with Crippen LogP contribution in [0.1, 0.15) is 21.7 Å². The van der Waals surface area contributed by atoms with Crippen molar-refractivity contribution in [3.63, 3.8) is 0 Å². The molecule has 0 saturated heterocycles. The molecule has 0 saturated carbocycles. The molecule has 1 N–H and O–H groups in total. The summed E-state index contributed by atoms with van der Waals surface area (Å²) in [6.45, 7) is 1.11. The first kappa shape index (κ1) is 10.8. The molecule has 1 aliphatic rings. The molecule has 3 rings (SSSR count). The molecule has 0 radical (unpaired) electrons. The Morgan fingerprint density at radius 1 is 1.33 bits per heavy atom. The van der Waals surface area contributed by atoms with Crippen molar-refractivity contribution in [3.05, 3.63) is 41.5 Å². The van der Waals surface area contributed by atoms with Gasteiger partial charge in [-0.2, -0.15) is 5.10 Å². The highest BCUT2D eigenvalue weighted by molar-refractivity contribution is 5.92. The van der Waals surface area contributed by atoms with E-state index in [1.54, 1.807) is 15.8 Å². The van der Waals surface area contributed by atoms with Crippen LogP contribution >= 0.6 is 0 Å². The number of hydrogen-bond acceptors (Lipinski definition) is 4. The number of aryl methyl sites for hydroxylation is 1. The number of aromatic nitrogens is 3. The highest BCUT2D eigenvalue weighted by Gasteiger charge is 2.27. The molecule has 2 aromatic rings. The van der Waals surface area contributed by atoms with Gasteiger partial charge in [0.25, 0.3) is 5.91 Å². The Morgan fingerprint density at radius 2 is 2.17 bits per heavy atom. The van der Waals surface area contributed by atoms with Gasteiger partial charge >= 0.3 is 0 Å². The minimum Gasteiger partial charge on any atom is -0.506 e. The molecular weight excluding hydrogens is 232 g/mol. The Bertz CT molecular complexity index is 603. The zero-order valence-electron chi connectivity index (χ0n) is 9.87. The predicted octanol–water partition coefficient (Wildman–Crippen LogP) is 0.677. The second-order valence-corrected chi connectivity index (χ2v) is 4.30. The van der Waals surface area contributed by atoms with E-state index < -0.39 is 0 Å². The number of carbonyl (C=O) groups is 1. The molecule has 0 aromatic carbocycles. The maximum Gasteiger partial charge on any atom is 0.273 e. The number of pyridine rings is 1. The minimum atomic E-state index is -0.133. The van der Waals surface area contributed by atoms with Crippen LogP contribution in [0.25, 0.3) is 0 Å². The predicted molar refractivity (Wildman–Crippen MR) is 62.7 cm³/mol. The molecule has 0 spiro atoms. The van der Waals surface area contributed by atoms with Gasteiger partial charge in [-0.1, -0.05) is 0 Å². The van der Waals surface area contributed by atoms with Gasteiger partial charge in [0.15, 0.2) is 0 Å². The van der Waals surface area contributed by atoms with Crippen LogP contribution < -0.4 is 0 Å². The van der Waals surface area contributed by atoms with Crippen LogP contribution in [0.2, 0.25) is 0 Å². The van der Waals surface area contributed by atoms with Gasteiger partial charge < -0.3 is 10.0 Å². The lowest BCUT2D eigenvalue weighted by Gasteiger charge is -2.15. The minimum absolute atomic E-state index is 0.0560. The molecule has 18 heavy (non-hydrogen) atoms. The molecular formula is C12H12N4O2. The SMILES string of the molecule is Cn1ncc2c1CN(C(=O)c1ccc(O)cn1)C2.